The Labute approximate surface area is 93.0 Å². The van der Waals surface area contributed by atoms with Crippen molar-refractivity contribution in [3.8, 4) is 6.07 Å². The summed E-state index contributed by atoms with van der Waals surface area (Å²) in [6.07, 6.45) is 9.02. The molecule has 0 amide bonds. The summed E-state index contributed by atoms with van der Waals surface area (Å²) in [4.78, 5) is 0. The molecule has 0 aromatic heterocycles. The van der Waals surface area contributed by atoms with Crippen LogP contribution in [0.2, 0.25) is 0 Å². The molecule has 0 spiro atoms. The van der Waals surface area contributed by atoms with Crippen LogP contribution in [0, 0.1) is 23.2 Å². The van der Waals surface area contributed by atoms with E-state index in [0.717, 1.165) is 12.3 Å². The summed E-state index contributed by atoms with van der Waals surface area (Å²) in [6.45, 7) is 2.28. The summed E-state index contributed by atoms with van der Waals surface area (Å²) in [5, 5.41) is 12.7. The second kappa shape index (κ2) is 4.99. The van der Waals surface area contributed by atoms with Gasteiger partial charge in [0.2, 0.25) is 0 Å². The van der Waals surface area contributed by atoms with E-state index in [9.17, 15) is 0 Å². The van der Waals surface area contributed by atoms with Gasteiger partial charge in [-0.25, -0.2) is 0 Å². The lowest BCUT2D eigenvalue weighted by molar-refractivity contribution is 0.282. The van der Waals surface area contributed by atoms with E-state index in [1.54, 1.807) is 0 Å². The third-order valence-corrected chi connectivity index (χ3v) is 3.81. The van der Waals surface area contributed by atoms with Crippen molar-refractivity contribution in [2.45, 2.75) is 64.0 Å². The molecule has 2 fully saturated rings. The Morgan fingerprint density at radius 2 is 2.00 bits per heavy atom. The van der Waals surface area contributed by atoms with Gasteiger partial charge in [0.05, 0.1) is 12.0 Å². The molecular formula is C13H22N2. The molecule has 2 aliphatic carbocycles. The molecule has 2 heteroatoms. The lowest BCUT2D eigenvalue weighted by atomic mass is 9.85. The van der Waals surface area contributed by atoms with Crippen molar-refractivity contribution >= 4 is 0 Å². The molecule has 0 aromatic rings. The summed E-state index contributed by atoms with van der Waals surface area (Å²) >= 11 is 0. The summed E-state index contributed by atoms with van der Waals surface area (Å²) < 4.78 is 0. The second-order valence-corrected chi connectivity index (χ2v) is 5.37. The van der Waals surface area contributed by atoms with Gasteiger partial charge in [-0.3, -0.25) is 0 Å². The Bertz CT molecular complexity index is 239. The van der Waals surface area contributed by atoms with E-state index in [1.165, 1.54) is 38.5 Å². The van der Waals surface area contributed by atoms with Crippen LogP contribution in [-0.2, 0) is 0 Å². The SMILES string of the molecule is CC(CC1CC1)NC1CCCCC1C#N. The first-order valence-electron chi connectivity index (χ1n) is 6.45. The molecule has 0 aliphatic heterocycles. The Morgan fingerprint density at radius 3 is 2.67 bits per heavy atom. The van der Waals surface area contributed by atoms with E-state index in [-0.39, 0.29) is 5.92 Å². The molecule has 2 aliphatic rings. The molecule has 3 unspecified atom stereocenters. The first-order valence-corrected chi connectivity index (χ1v) is 6.45. The van der Waals surface area contributed by atoms with Crippen LogP contribution in [0.3, 0.4) is 0 Å². The van der Waals surface area contributed by atoms with Gasteiger partial charge in [-0.05, 0) is 32.1 Å². The van der Waals surface area contributed by atoms with Gasteiger partial charge in [-0.15, -0.1) is 0 Å². The number of nitrogens with one attached hydrogen (secondary N) is 1. The van der Waals surface area contributed by atoms with Gasteiger partial charge in [-0.1, -0.05) is 25.7 Å². The molecule has 0 aromatic carbocycles. The predicted octanol–water partition coefficient (Wildman–Crippen LogP) is 2.85. The number of rotatable bonds is 4. The van der Waals surface area contributed by atoms with Crippen LogP contribution in [0.1, 0.15) is 51.9 Å². The minimum absolute atomic E-state index is 0.264. The van der Waals surface area contributed by atoms with Gasteiger partial charge in [0.1, 0.15) is 0 Å². The molecule has 0 bridgehead atoms. The fourth-order valence-electron chi connectivity index (χ4n) is 2.77. The molecule has 0 saturated heterocycles. The first kappa shape index (κ1) is 11.0. The fourth-order valence-corrected chi connectivity index (χ4v) is 2.77. The quantitative estimate of drug-likeness (QED) is 0.767. The smallest absolute Gasteiger partial charge is 0.0672 e. The van der Waals surface area contributed by atoms with Gasteiger partial charge >= 0.3 is 0 Å². The summed E-state index contributed by atoms with van der Waals surface area (Å²) in [5.74, 6) is 1.25. The molecule has 0 heterocycles. The van der Waals surface area contributed by atoms with Crippen molar-refractivity contribution in [1.82, 2.24) is 5.32 Å². The Balaban J connectivity index is 1.77. The molecule has 84 valence electrons. The second-order valence-electron chi connectivity index (χ2n) is 5.37. The van der Waals surface area contributed by atoms with E-state index < -0.39 is 0 Å². The van der Waals surface area contributed by atoms with E-state index >= 15 is 0 Å². The monoisotopic (exact) mass is 206 g/mol. The van der Waals surface area contributed by atoms with Crippen molar-refractivity contribution in [3.05, 3.63) is 0 Å². The minimum atomic E-state index is 0.264. The van der Waals surface area contributed by atoms with Crippen LogP contribution < -0.4 is 5.32 Å². The third-order valence-electron chi connectivity index (χ3n) is 3.81. The van der Waals surface area contributed by atoms with Crippen LogP contribution in [-0.4, -0.2) is 12.1 Å². The fraction of sp³-hybridized carbons (Fsp3) is 0.923. The average Bonchev–Trinajstić information content (AvgIpc) is 3.02. The van der Waals surface area contributed by atoms with E-state index in [0.29, 0.717) is 12.1 Å². The maximum Gasteiger partial charge on any atom is 0.0672 e. The van der Waals surface area contributed by atoms with Crippen LogP contribution in [0.4, 0.5) is 0 Å². The Morgan fingerprint density at radius 1 is 1.27 bits per heavy atom. The molecule has 15 heavy (non-hydrogen) atoms. The third kappa shape index (κ3) is 3.21. The van der Waals surface area contributed by atoms with Crippen molar-refractivity contribution in [1.29, 1.82) is 5.26 Å². The highest BCUT2D eigenvalue weighted by Crippen LogP contribution is 2.34. The number of hydrogen-bond acceptors (Lipinski definition) is 2. The zero-order chi connectivity index (χ0) is 10.7. The van der Waals surface area contributed by atoms with Crippen molar-refractivity contribution in [2.75, 3.05) is 0 Å². The predicted molar refractivity (Wildman–Crippen MR) is 61.3 cm³/mol. The van der Waals surface area contributed by atoms with Gasteiger partial charge in [-0.2, -0.15) is 5.26 Å². The highest BCUT2D eigenvalue weighted by atomic mass is 15.0. The lowest BCUT2D eigenvalue weighted by Crippen LogP contribution is -2.43. The maximum absolute atomic E-state index is 9.08. The summed E-state index contributed by atoms with van der Waals surface area (Å²) in [5.41, 5.74) is 0. The number of nitrogens with zero attached hydrogens (tertiary/aromatic N) is 1. The lowest BCUT2D eigenvalue weighted by Gasteiger charge is -2.30. The van der Waals surface area contributed by atoms with Crippen LogP contribution in [0.15, 0.2) is 0 Å². The molecular weight excluding hydrogens is 184 g/mol. The highest BCUT2D eigenvalue weighted by Gasteiger charge is 2.28. The van der Waals surface area contributed by atoms with Crippen molar-refractivity contribution in [2.24, 2.45) is 11.8 Å². The minimum Gasteiger partial charge on any atom is -0.310 e. The zero-order valence-corrected chi connectivity index (χ0v) is 9.71. The first-order chi connectivity index (χ1) is 7.29. The molecule has 2 nitrogen and oxygen atoms in total. The number of nitriles is 1. The van der Waals surface area contributed by atoms with Crippen LogP contribution in [0.5, 0.6) is 0 Å². The Kier molecular flexibility index (Phi) is 3.64. The van der Waals surface area contributed by atoms with Crippen molar-refractivity contribution < 1.29 is 0 Å². The van der Waals surface area contributed by atoms with Crippen molar-refractivity contribution in [3.63, 3.8) is 0 Å². The standard InChI is InChI=1S/C13H22N2/c1-10(8-11-6-7-11)15-13-5-3-2-4-12(13)9-14/h10-13,15H,2-8H2,1H3. The zero-order valence-electron chi connectivity index (χ0n) is 9.71. The molecule has 2 saturated carbocycles. The van der Waals surface area contributed by atoms with Gasteiger partial charge < -0.3 is 5.32 Å². The normalized spacial score (nSPS) is 33.3. The number of hydrogen-bond donors (Lipinski definition) is 1. The molecule has 1 N–H and O–H groups in total. The van der Waals surface area contributed by atoms with E-state index in [4.69, 9.17) is 5.26 Å². The highest BCUT2D eigenvalue weighted by molar-refractivity contribution is 4.95. The molecule has 2 rings (SSSR count). The van der Waals surface area contributed by atoms with Gasteiger partial charge in [0, 0.05) is 12.1 Å². The largest absolute Gasteiger partial charge is 0.310 e. The molecule has 3 atom stereocenters. The summed E-state index contributed by atoms with van der Waals surface area (Å²) in [6, 6.07) is 3.54. The summed E-state index contributed by atoms with van der Waals surface area (Å²) in [7, 11) is 0. The van der Waals surface area contributed by atoms with E-state index in [1.807, 2.05) is 0 Å². The topological polar surface area (TPSA) is 35.8 Å². The Hall–Kier alpha value is -0.550. The van der Waals surface area contributed by atoms with Gasteiger partial charge in [0.25, 0.3) is 0 Å². The van der Waals surface area contributed by atoms with Gasteiger partial charge in [0.15, 0.2) is 0 Å². The van der Waals surface area contributed by atoms with Crippen LogP contribution >= 0.6 is 0 Å². The van der Waals surface area contributed by atoms with Crippen LogP contribution in [0.25, 0.3) is 0 Å². The molecule has 0 radical (unpaired) electrons. The average molecular weight is 206 g/mol. The van der Waals surface area contributed by atoms with E-state index in [2.05, 4.69) is 18.3 Å². The maximum atomic E-state index is 9.08.